The zero-order valence-corrected chi connectivity index (χ0v) is 17.1. The Morgan fingerprint density at radius 2 is 2.04 bits per heavy atom. The molecule has 1 heterocycles. The van der Waals surface area contributed by atoms with E-state index in [9.17, 15) is 0 Å². The van der Waals surface area contributed by atoms with Crippen LogP contribution in [0.25, 0.3) is 0 Å². The molecule has 3 unspecified atom stereocenters. The molecular formula is C19H39N5O. The molecule has 25 heavy (non-hydrogen) atoms. The number of piperazine rings is 1. The van der Waals surface area contributed by atoms with Crippen molar-refractivity contribution in [3.05, 3.63) is 0 Å². The number of hydrogen-bond donors (Lipinski definition) is 2. The van der Waals surface area contributed by atoms with Gasteiger partial charge >= 0.3 is 0 Å². The van der Waals surface area contributed by atoms with Gasteiger partial charge in [0.1, 0.15) is 0 Å². The van der Waals surface area contributed by atoms with Gasteiger partial charge in [-0.25, -0.2) is 0 Å². The number of ether oxygens (including phenoxy) is 1. The molecule has 0 aromatic rings. The van der Waals surface area contributed by atoms with Gasteiger partial charge in [-0.05, 0) is 26.9 Å². The Balaban J connectivity index is 1.77. The number of guanidine groups is 1. The van der Waals surface area contributed by atoms with Gasteiger partial charge in [0.2, 0.25) is 0 Å². The van der Waals surface area contributed by atoms with Crippen molar-refractivity contribution in [3.8, 4) is 0 Å². The molecule has 2 fully saturated rings. The molecule has 0 spiro atoms. The average Bonchev–Trinajstić information content (AvgIpc) is 2.58. The first-order valence-corrected chi connectivity index (χ1v) is 9.86. The van der Waals surface area contributed by atoms with Crippen molar-refractivity contribution >= 4 is 5.96 Å². The molecule has 1 aliphatic carbocycles. The fraction of sp³-hybridized carbons (Fsp3) is 0.947. The maximum atomic E-state index is 6.05. The van der Waals surface area contributed by atoms with Crippen molar-refractivity contribution < 1.29 is 4.74 Å². The van der Waals surface area contributed by atoms with Gasteiger partial charge in [-0.2, -0.15) is 0 Å². The molecule has 2 aliphatic rings. The van der Waals surface area contributed by atoms with Crippen molar-refractivity contribution in [2.45, 2.75) is 58.2 Å². The fourth-order valence-electron chi connectivity index (χ4n) is 3.68. The summed E-state index contributed by atoms with van der Waals surface area (Å²) in [6, 6.07) is 0.939. The molecule has 0 bridgehead atoms. The lowest BCUT2D eigenvalue weighted by Gasteiger charge is -2.52. The minimum absolute atomic E-state index is 0.146. The summed E-state index contributed by atoms with van der Waals surface area (Å²) in [5.41, 5.74) is 0.146. The van der Waals surface area contributed by atoms with E-state index in [2.05, 4.69) is 60.3 Å². The van der Waals surface area contributed by atoms with Crippen LogP contribution in [0.3, 0.4) is 0 Å². The van der Waals surface area contributed by atoms with E-state index in [1.807, 2.05) is 7.05 Å². The highest BCUT2D eigenvalue weighted by Crippen LogP contribution is 2.42. The largest absolute Gasteiger partial charge is 0.378 e. The van der Waals surface area contributed by atoms with Crippen molar-refractivity contribution in [2.24, 2.45) is 10.4 Å². The van der Waals surface area contributed by atoms with Crippen LogP contribution in [0, 0.1) is 5.41 Å². The van der Waals surface area contributed by atoms with E-state index >= 15 is 0 Å². The van der Waals surface area contributed by atoms with Crippen LogP contribution in [0.4, 0.5) is 0 Å². The third-order valence-electron chi connectivity index (χ3n) is 6.01. The standard InChI is InChI=1S/C19H39N5O/c1-7-8-11-25-17-12-16(19(17,2)3)22-18(20-4)21-13-15-14-23(5)9-10-24(15)6/h15-17H,7-14H2,1-6H3,(H2,20,21,22). The number of nitrogens with zero attached hydrogens (tertiary/aromatic N) is 3. The van der Waals surface area contributed by atoms with Gasteiger partial charge in [0.15, 0.2) is 5.96 Å². The zero-order valence-electron chi connectivity index (χ0n) is 17.1. The van der Waals surface area contributed by atoms with Crippen LogP contribution in [-0.4, -0.2) is 87.9 Å². The van der Waals surface area contributed by atoms with E-state index in [0.29, 0.717) is 18.2 Å². The number of aliphatic imine (C=N–C) groups is 1. The molecule has 3 atom stereocenters. The second-order valence-electron chi connectivity index (χ2n) is 8.32. The van der Waals surface area contributed by atoms with Crippen LogP contribution < -0.4 is 10.6 Å². The summed E-state index contributed by atoms with van der Waals surface area (Å²) >= 11 is 0. The SMILES string of the molecule is CCCCOC1CC(NC(=NC)NCC2CN(C)CCN2C)C1(C)C. The molecule has 2 rings (SSSR count). The molecule has 1 saturated carbocycles. The fourth-order valence-corrected chi connectivity index (χ4v) is 3.68. The zero-order chi connectivity index (χ0) is 18.4. The molecule has 0 amide bonds. The summed E-state index contributed by atoms with van der Waals surface area (Å²) in [7, 11) is 6.26. The molecule has 1 saturated heterocycles. The first kappa shape index (κ1) is 20.5. The Labute approximate surface area is 154 Å². The lowest BCUT2D eigenvalue weighted by molar-refractivity contribution is -0.113. The Hall–Kier alpha value is -0.850. The minimum Gasteiger partial charge on any atom is -0.378 e. The summed E-state index contributed by atoms with van der Waals surface area (Å²) in [6.45, 7) is 12.0. The van der Waals surface area contributed by atoms with E-state index in [0.717, 1.165) is 51.6 Å². The number of unbranched alkanes of at least 4 members (excludes halogenated alkanes) is 1. The van der Waals surface area contributed by atoms with Gasteiger partial charge in [0, 0.05) is 57.3 Å². The van der Waals surface area contributed by atoms with Crippen LogP contribution in [-0.2, 0) is 4.74 Å². The monoisotopic (exact) mass is 353 g/mol. The van der Waals surface area contributed by atoms with E-state index < -0.39 is 0 Å². The van der Waals surface area contributed by atoms with Gasteiger partial charge in [-0.15, -0.1) is 0 Å². The Bertz CT molecular complexity index is 440. The van der Waals surface area contributed by atoms with Crippen LogP contribution in [0.5, 0.6) is 0 Å². The van der Waals surface area contributed by atoms with Crippen LogP contribution in [0.2, 0.25) is 0 Å². The molecule has 0 aromatic carbocycles. The predicted molar refractivity (Wildman–Crippen MR) is 105 cm³/mol. The first-order chi connectivity index (χ1) is 11.9. The summed E-state index contributed by atoms with van der Waals surface area (Å²) in [5, 5.41) is 7.13. The Morgan fingerprint density at radius 3 is 2.68 bits per heavy atom. The summed E-state index contributed by atoms with van der Waals surface area (Å²) in [6.07, 6.45) is 3.75. The summed E-state index contributed by atoms with van der Waals surface area (Å²) < 4.78 is 6.05. The first-order valence-electron chi connectivity index (χ1n) is 9.86. The molecular weight excluding hydrogens is 314 g/mol. The van der Waals surface area contributed by atoms with E-state index in [-0.39, 0.29) is 5.41 Å². The number of likely N-dealkylation sites (N-methyl/N-ethyl adjacent to an activating group) is 2. The van der Waals surface area contributed by atoms with Gasteiger partial charge in [-0.1, -0.05) is 27.2 Å². The lowest BCUT2D eigenvalue weighted by Crippen LogP contribution is -2.64. The normalized spacial score (nSPS) is 30.8. The van der Waals surface area contributed by atoms with Gasteiger partial charge < -0.3 is 20.3 Å². The van der Waals surface area contributed by atoms with Gasteiger partial charge in [0.05, 0.1) is 6.10 Å². The van der Waals surface area contributed by atoms with Crippen molar-refractivity contribution in [1.82, 2.24) is 20.4 Å². The molecule has 0 aromatic heterocycles. The number of hydrogen-bond acceptors (Lipinski definition) is 4. The molecule has 146 valence electrons. The Kier molecular flexibility index (Phi) is 7.52. The summed E-state index contributed by atoms with van der Waals surface area (Å²) in [4.78, 5) is 9.26. The highest BCUT2D eigenvalue weighted by Gasteiger charge is 2.49. The van der Waals surface area contributed by atoms with Gasteiger partial charge in [0.25, 0.3) is 0 Å². The number of nitrogens with one attached hydrogen (secondary N) is 2. The number of rotatable bonds is 7. The van der Waals surface area contributed by atoms with E-state index in [1.165, 1.54) is 6.42 Å². The lowest BCUT2D eigenvalue weighted by atomic mass is 9.64. The van der Waals surface area contributed by atoms with E-state index in [1.54, 1.807) is 0 Å². The maximum Gasteiger partial charge on any atom is 0.191 e. The molecule has 1 aliphatic heterocycles. The molecule has 6 nitrogen and oxygen atoms in total. The average molecular weight is 354 g/mol. The topological polar surface area (TPSA) is 52.1 Å². The van der Waals surface area contributed by atoms with Crippen LogP contribution in [0.1, 0.15) is 40.0 Å². The third kappa shape index (κ3) is 5.31. The quantitative estimate of drug-likeness (QED) is 0.411. The smallest absolute Gasteiger partial charge is 0.191 e. The highest BCUT2D eigenvalue weighted by atomic mass is 16.5. The second-order valence-corrected chi connectivity index (χ2v) is 8.32. The second kappa shape index (κ2) is 9.19. The van der Waals surface area contributed by atoms with Crippen molar-refractivity contribution in [3.63, 3.8) is 0 Å². The van der Waals surface area contributed by atoms with Crippen molar-refractivity contribution in [1.29, 1.82) is 0 Å². The molecule has 0 radical (unpaired) electrons. The van der Waals surface area contributed by atoms with Crippen LogP contribution >= 0.6 is 0 Å². The molecule has 2 N–H and O–H groups in total. The van der Waals surface area contributed by atoms with Gasteiger partial charge in [-0.3, -0.25) is 9.89 Å². The highest BCUT2D eigenvalue weighted by molar-refractivity contribution is 5.80. The maximum absolute atomic E-state index is 6.05. The predicted octanol–water partition coefficient (Wildman–Crippen LogP) is 1.38. The van der Waals surface area contributed by atoms with E-state index in [4.69, 9.17) is 4.74 Å². The van der Waals surface area contributed by atoms with Crippen molar-refractivity contribution in [2.75, 3.05) is 53.9 Å². The van der Waals surface area contributed by atoms with Crippen LogP contribution in [0.15, 0.2) is 4.99 Å². The summed E-state index contributed by atoms with van der Waals surface area (Å²) in [5.74, 6) is 0.909. The Morgan fingerprint density at radius 1 is 1.28 bits per heavy atom. The third-order valence-corrected chi connectivity index (χ3v) is 6.01. The minimum atomic E-state index is 0.146. The molecule has 6 heteroatoms.